The molecule has 8 nitrogen and oxygen atoms in total. The Balaban J connectivity index is 1.95. The van der Waals surface area contributed by atoms with E-state index in [0.717, 1.165) is 5.56 Å². The number of hydrogen-bond acceptors (Lipinski definition) is 8. The number of nitrogen functional groups attached to an aromatic ring is 4. The van der Waals surface area contributed by atoms with Crippen molar-refractivity contribution in [3.05, 3.63) is 71.3 Å². The van der Waals surface area contributed by atoms with Gasteiger partial charge in [-0.25, -0.2) is 9.59 Å². The quantitative estimate of drug-likeness (QED) is 0.275. The van der Waals surface area contributed by atoms with Crippen LogP contribution in [0.4, 0.5) is 22.7 Å². The lowest BCUT2D eigenvalue weighted by atomic mass is 9.85. The maximum absolute atomic E-state index is 12.9. The molecule has 0 atom stereocenters. The van der Waals surface area contributed by atoms with Crippen LogP contribution in [0.1, 0.15) is 47.1 Å². The van der Waals surface area contributed by atoms with Gasteiger partial charge in [-0.05, 0) is 65.6 Å². The van der Waals surface area contributed by atoms with Crippen LogP contribution in [0.25, 0.3) is 0 Å². The van der Waals surface area contributed by atoms with Crippen LogP contribution in [-0.4, -0.2) is 11.9 Å². The highest BCUT2D eigenvalue weighted by atomic mass is 16.5. The summed E-state index contributed by atoms with van der Waals surface area (Å²) in [6, 6.07) is 13.9. The zero-order valence-corrected chi connectivity index (χ0v) is 18.1. The van der Waals surface area contributed by atoms with Crippen LogP contribution < -0.4 is 32.4 Å². The van der Waals surface area contributed by atoms with E-state index in [4.69, 9.17) is 32.4 Å². The molecule has 0 bridgehead atoms. The summed E-state index contributed by atoms with van der Waals surface area (Å²) in [5, 5.41) is 0. The van der Waals surface area contributed by atoms with E-state index < -0.39 is 11.9 Å². The van der Waals surface area contributed by atoms with Gasteiger partial charge in [0.25, 0.3) is 0 Å². The Kier molecular flexibility index (Phi) is 5.98. The Morgan fingerprint density at radius 1 is 0.656 bits per heavy atom. The second kappa shape index (κ2) is 8.50. The third kappa shape index (κ3) is 5.10. The van der Waals surface area contributed by atoms with Crippen molar-refractivity contribution in [2.75, 3.05) is 22.9 Å². The van der Waals surface area contributed by atoms with Gasteiger partial charge in [0.1, 0.15) is 0 Å². The van der Waals surface area contributed by atoms with E-state index in [1.165, 1.54) is 30.3 Å². The number of carbonyl (C=O) groups is 2. The van der Waals surface area contributed by atoms with Crippen molar-refractivity contribution in [3.8, 4) is 11.5 Å². The topological polar surface area (TPSA) is 157 Å². The summed E-state index contributed by atoms with van der Waals surface area (Å²) in [5.41, 5.74) is 25.2. The summed E-state index contributed by atoms with van der Waals surface area (Å²) >= 11 is 0. The number of benzene rings is 3. The minimum absolute atomic E-state index is 0.170. The monoisotopic (exact) mass is 434 g/mol. The first-order valence-electron chi connectivity index (χ1n) is 9.84. The highest BCUT2D eigenvalue weighted by Crippen LogP contribution is 2.29. The normalized spacial score (nSPS) is 11.1. The first-order valence-corrected chi connectivity index (χ1v) is 9.84. The predicted molar refractivity (Wildman–Crippen MR) is 126 cm³/mol. The maximum atomic E-state index is 12.9. The standard InChI is InChI=1S/C24H26N4O4/c1-24(2,3)15-9-13(22(29)31-20-6-4-16(25)11-18(20)27)8-14(10-15)23(30)32-21-7-5-17(26)12-19(21)28/h4-12H,25-28H2,1-3H3. The summed E-state index contributed by atoms with van der Waals surface area (Å²) in [4.78, 5) is 25.7. The summed E-state index contributed by atoms with van der Waals surface area (Å²) in [7, 11) is 0. The SMILES string of the molecule is CC(C)(C)c1cc(C(=O)Oc2ccc(N)cc2N)cc(C(=O)Oc2ccc(N)cc2N)c1. The van der Waals surface area contributed by atoms with Crippen LogP contribution in [0.5, 0.6) is 11.5 Å². The molecule has 0 heterocycles. The van der Waals surface area contributed by atoms with Gasteiger partial charge in [0.05, 0.1) is 22.5 Å². The third-order valence-electron chi connectivity index (χ3n) is 4.74. The zero-order chi connectivity index (χ0) is 23.6. The lowest BCUT2D eigenvalue weighted by Crippen LogP contribution is -2.18. The van der Waals surface area contributed by atoms with Crippen LogP contribution in [0, 0.1) is 0 Å². The molecule has 0 saturated heterocycles. The van der Waals surface area contributed by atoms with Crippen LogP contribution in [0.15, 0.2) is 54.6 Å². The molecule has 0 aliphatic carbocycles. The Hall–Kier alpha value is -4.20. The Labute approximate surface area is 186 Å². The fraction of sp³-hybridized carbons (Fsp3) is 0.167. The molecule has 0 radical (unpaired) electrons. The first-order chi connectivity index (χ1) is 14.9. The highest BCUT2D eigenvalue weighted by Gasteiger charge is 2.22. The summed E-state index contributed by atoms with van der Waals surface area (Å²) in [6.07, 6.45) is 0. The molecule has 0 saturated carbocycles. The fourth-order valence-corrected chi connectivity index (χ4v) is 2.93. The number of esters is 2. The van der Waals surface area contributed by atoms with Gasteiger partial charge in [-0.3, -0.25) is 0 Å². The molecule has 166 valence electrons. The lowest BCUT2D eigenvalue weighted by Gasteiger charge is -2.21. The van der Waals surface area contributed by atoms with Gasteiger partial charge in [-0.1, -0.05) is 20.8 Å². The van der Waals surface area contributed by atoms with Crippen LogP contribution >= 0.6 is 0 Å². The number of rotatable bonds is 4. The molecule has 32 heavy (non-hydrogen) atoms. The van der Waals surface area contributed by atoms with Gasteiger partial charge in [-0.15, -0.1) is 0 Å². The molecule has 8 N–H and O–H groups in total. The van der Waals surface area contributed by atoms with Gasteiger partial charge in [0.15, 0.2) is 11.5 Å². The molecule has 3 rings (SSSR count). The number of anilines is 4. The highest BCUT2D eigenvalue weighted by molar-refractivity contribution is 5.98. The number of hydrogen-bond donors (Lipinski definition) is 4. The molecule has 0 spiro atoms. The average Bonchev–Trinajstić information content (AvgIpc) is 2.71. The van der Waals surface area contributed by atoms with E-state index in [9.17, 15) is 9.59 Å². The molecular formula is C24H26N4O4. The van der Waals surface area contributed by atoms with E-state index >= 15 is 0 Å². The molecule has 0 aromatic heterocycles. The van der Waals surface area contributed by atoms with Crippen LogP contribution in [-0.2, 0) is 5.41 Å². The summed E-state index contributed by atoms with van der Waals surface area (Å²) in [5.74, 6) is -1.00. The zero-order valence-electron chi connectivity index (χ0n) is 18.1. The summed E-state index contributed by atoms with van der Waals surface area (Å²) < 4.78 is 10.9. The molecule has 0 unspecified atom stereocenters. The average molecular weight is 434 g/mol. The fourth-order valence-electron chi connectivity index (χ4n) is 2.93. The molecule has 3 aromatic carbocycles. The van der Waals surface area contributed by atoms with Gasteiger partial charge in [-0.2, -0.15) is 0 Å². The van der Waals surface area contributed by atoms with E-state index in [-0.39, 0.29) is 39.4 Å². The smallest absolute Gasteiger partial charge is 0.343 e. The Morgan fingerprint density at radius 2 is 1.06 bits per heavy atom. The van der Waals surface area contributed by atoms with Gasteiger partial charge < -0.3 is 32.4 Å². The number of ether oxygens (including phenoxy) is 2. The molecule has 8 heteroatoms. The van der Waals surface area contributed by atoms with Gasteiger partial charge >= 0.3 is 11.9 Å². The van der Waals surface area contributed by atoms with Gasteiger partial charge in [0, 0.05) is 11.4 Å². The van der Waals surface area contributed by atoms with Crippen molar-refractivity contribution in [1.82, 2.24) is 0 Å². The lowest BCUT2D eigenvalue weighted by molar-refractivity contribution is 0.0735. The Morgan fingerprint density at radius 3 is 1.41 bits per heavy atom. The largest absolute Gasteiger partial charge is 0.421 e. The van der Waals surface area contributed by atoms with E-state index in [2.05, 4.69) is 0 Å². The van der Waals surface area contributed by atoms with Crippen molar-refractivity contribution in [1.29, 1.82) is 0 Å². The molecule has 0 amide bonds. The summed E-state index contributed by atoms with van der Waals surface area (Å²) in [6.45, 7) is 5.88. The second-order valence-electron chi connectivity index (χ2n) is 8.42. The number of nitrogens with two attached hydrogens (primary N) is 4. The van der Waals surface area contributed by atoms with Crippen molar-refractivity contribution < 1.29 is 19.1 Å². The first kappa shape index (κ1) is 22.5. The molecule has 0 aliphatic heterocycles. The van der Waals surface area contributed by atoms with Crippen molar-refractivity contribution in [2.24, 2.45) is 0 Å². The molecular weight excluding hydrogens is 408 g/mol. The molecule has 3 aromatic rings. The minimum atomic E-state index is -0.673. The Bertz CT molecular complexity index is 1120. The van der Waals surface area contributed by atoms with Gasteiger partial charge in [0.2, 0.25) is 0 Å². The maximum Gasteiger partial charge on any atom is 0.343 e. The number of carbonyl (C=O) groups excluding carboxylic acids is 2. The van der Waals surface area contributed by atoms with Crippen LogP contribution in [0.3, 0.4) is 0 Å². The van der Waals surface area contributed by atoms with E-state index in [1.807, 2.05) is 20.8 Å². The van der Waals surface area contributed by atoms with Crippen molar-refractivity contribution in [2.45, 2.75) is 26.2 Å². The predicted octanol–water partition coefficient (Wildman–Crippen LogP) is 3.75. The van der Waals surface area contributed by atoms with Crippen LogP contribution in [0.2, 0.25) is 0 Å². The second-order valence-corrected chi connectivity index (χ2v) is 8.42. The van der Waals surface area contributed by atoms with Crippen molar-refractivity contribution >= 4 is 34.7 Å². The van der Waals surface area contributed by atoms with Crippen molar-refractivity contribution in [3.63, 3.8) is 0 Å². The van der Waals surface area contributed by atoms with E-state index in [0.29, 0.717) is 11.4 Å². The minimum Gasteiger partial charge on any atom is -0.421 e. The van der Waals surface area contributed by atoms with E-state index in [1.54, 1.807) is 24.3 Å². The third-order valence-corrected chi connectivity index (χ3v) is 4.74. The molecule has 0 fully saturated rings. The molecule has 0 aliphatic rings.